The average Bonchev–Trinajstić information content (AvgIpc) is 2.57. The van der Waals surface area contributed by atoms with Crippen LogP contribution in [0.25, 0.3) is 0 Å². The first-order valence-electron chi connectivity index (χ1n) is 8.89. The van der Waals surface area contributed by atoms with Gasteiger partial charge in [-0.05, 0) is 60.4 Å². The Morgan fingerprint density at radius 1 is 1.08 bits per heavy atom. The van der Waals surface area contributed by atoms with Crippen LogP contribution >= 0.6 is 0 Å². The SMILES string of the molecule is COc1cc(CN2C[C@@H]3CC[C@H]2Cc2ccccc2C3)ccc1O. The lowest BCUT2D eigenvalue weighted by atomic mass is 9.80. The number of rotatable bonds is 3. The molecule has 2 heterocycles. The van der Waals surface area contributed by atoms with E-state index >= 15 is 0 Å². The third kappa shape index (κ3) is 3.01. The Hall–Kier alpha value is -2.00. The predicted octanol–water partition coefficient (Wildman–Crippen LogP) is 3.78. The van der Waals surface area contributed by atoms with Gasteiger partial charge in [0.05, 0.1) is 7.11 Å². The zero-order chi connectivity index (χ0) is 16.5. The van der Waals surface area contributed by atoms with Crippen LogP contribution in [0, 0.1) is 5.92 Å². The summed E-state index contributed by atoms with van der Waals surface area (Å²) in [6, 6.07) is 15.3. The van der Waals surface area contributed by atoms with Crippen molar-refractivity contribution in [3.63, 3.8) is 0 Å². The lowest BCUT2D eigenvalue weighted by molar-refractivity contribution is 0.0937. The van der Waals surface area contributed by atoms with E-state index in [1.165, 1.54) is 36.9 Å². The number of aromatic hydroxyl groups is 1. The van der Waals surface area contributed by atoms with Crippen LogP contribution < -0.4 is 4.74 Å². The molecule has 1 fully saturated rings. The number of hydrogen-bond acceptors (Lipinski definition) is 3. The summed E-state index contributed by atoms with van der Waals surface area (Å²) in [5.74, 6) is 1.53. The molecule has 3 heteroatoms. The van der Waals surface area contributed by atoms with Gasteiger partial charge in [-0.3, -0.25) is 4.90 Å². The van der Waals surface area contributed by atoms with E-state index in [0.717, 1.165) is 18.9 Å². The highest BCUT2D eigenvalue weighted by Crippen LogP contribution is 2.34. The summed E-state index contributed by atoms with van der Waals surface area (Å²) in [5.41, 5.74) is 4.29. The first-order valence-corrected chi connectivity index (χ1v) is 8.89. The van der Waals surface area contributed by atoms with Gasteiger partial charge in [-0.2, -0.15) is 0 Å². The standard InChI is InChI=1S/C21H25NO2/c1-24-21-11-16(7-9-20(21)23)14-22-13-15-6-8-19(22)12-18-5-3-2-4-17(18)10-15/h2-5,7,9,11,15,19,23H,6,8,10,12-14H2,1H3/t15-,19+/m1/s1. The second-order valence-corrected chi connectivity index (χ2v) is 7.21. The summed E-state index contributed by atoms with van der Waals surface area (Å²) in [4.78, 5) is 2.63. The fraction of sp³-hybridized carbons (Fsp3) is 0.429. The summed E-state index contributed by atoms with van der Waals surface area (Å²) in [7, 11) is 1.60. The van der Waals surface area contributed by atoms with E-state index < -0.39 is 0 Å². The molecule has 3 aliphatic rings. The van der Waals surface area contributed by atoms with E-state index in [-0.39, 0.29) is 5.75 Å². The van der Waals surface area contributed by atoms with Crippen molar-refractivity contribution in [2.24, 2.45) is 5.92 Å². The summed E-state index contributed by atoms with van der Waals surface area (Å²) in [5, 5.41) is 9.80. The number of ether oxygens (including phenoxy) is 1. The maximum Gasteiger partial charge on any atom is 0.160 e. The van der Waals surface area contributed by atoms with E-state index in [1.807, 2.05) is 12.1 Å². The highest BCUT2D eigenvalue weighted by molar-refractivity contribution is 5.41. The van der Waals surface area contributed by atoms with Gasteiger partial charge >= 0.3 is 0 Å². The van der Waals surface area contributed by atoms with Crippen LogP contribution in [0.2, 0.25) is 0 Å². The molecule has 1 aliphatic carbocycles. The minimum atomic E-state index is 0.212. The molecule has 2 aliphatic heterocycles. The molecule has 1 saturated heterocycles. The van der Waals surface area contributed by atoms with Gasteiger partial charge < -0.3 is 9.84 Å². The largest absolute Gasteiger partial charge is 0.504 e. The Kier molecular flexibility index (Phi) is 4.19. The number of nitrogens with zero attached hydrogens (tertiary/aromatic N) is 1. The number of methoxy groups -OCH3 is 1. The minimum absolute atomic E-state index is 0.212. The molecule has 2 aromatic carbocycles. The number of fused-ring (bicyclic) bond motifs is 2. The fourth-order valence-corrected chi connectivity index (χ4v) is 4.35. The molecule has 1 N–H and O–H groups in total. The van der Waals surface area contributed by atoms with Crippen LogP contribution in [0.3, 0.4) is 0 Å². The van der Waals surface area contributed by atoms with Crippen LogP contribution in [-0.4, -0.2) is 29.7 Å². The van der Waals surface area contributed by atoms with E-state index in [2.05, 4.69) is 29.2 Å². The number of piperidine rings is 1. The van der Waals surface area contributed by atoms with E-state index in [4.69, 9.17) is 4.74 Å². The monoisotopic (exact) mass is 323 g/mol. The number of hydrogen-bond donors (Lipinski definition) is 1. The normalized spacial score (nSPS) is 23.4. The molecular formula is C21H25NO2. The zero-order valence-electron chi connectivity index (χ0n) is 14.2. The lowest BCUT2D eigenvalue weighted by Gasteiger charge is -2.42. The van der Waals surface area contributed by atoms with Crippen molar-refractivity contribution in [1.82, 2.24) is 4.90 Å². The van der Waals surface area contributed by atoms with Gasteiger partial charge in [0, 0.05) is 19.1 Å². The summed E-state index contributed by atoms with van der Waals surface area (Å²) in [6.07, 6.45) is 4.99. The lowest BCUT2D eigenvalue weighted by Crippen LogP contribution is -2.46. The van der Waals surface area contributed by atoms with E-state index in [1.54, 1.807) is 18.7 Å². The topological polar surface area (TPSA) is 32.7 Å². The van der Waals surface area contributed by atoms with Crippen LogP contribution in [0.1, 0.15) is 29.5 Å². The van der Waals surface area contributed by atoms with Gasteiger partial charge in [-0.1, -0.05) is 30.3 Å². The Morgan fingerprint density at radius 3 is 2.67 bits per heavy atom. The third-order valence-corrected chi connectivity index (χ3v) is 5.63. The van der Waals surface area contributed by atoms with Gasteiger partial charge in [0.1, 0.15) is 0 Å². The molecular weight excluding hydrogens is 298 g/mol. The molecule has 2 bridgehead atoms. The first-order chi connectivity index (χ1) is 11.7. The van der Waals surface area contributed by atoms with E-state index in [0.29, 0.717) is 11.8 Å². The number of benzene rings is 2. The third-order valence-electron chi connectivity index (χ3n) is 5.63. The van der Waals surface area contributed by atoms with Gasteiger partial charge in [0.15, 0.2) is 11.5 Å². The van der Waals surface area contributed by atoms with Crippen molar-refractivity contribution in [3.8, 4) is 11.5 Å². The maximum absolute atomic E-state index is 9.80. The highest BCUT2D eigenvalue weighted by Gasteiger charge is 2.31. The molecule has 24 heavy (non-hydrogen) atoms. The van der Waals surface area contributed by atoms with Crippen molar-refractivity contribution in [1.29, 1.82) is 0 Å². The molecule has 0 aromatic heterocycles. The van der Waals surface area contributed by atoms with Crippen molar-refractivity contribution in [2.75, 3.05) is 13.7 Å². The molecule has 5 rings (SSSR count). The van der Waals surface area contributed by atoms with Crippen molar-refractivity contribution >= 4 is 0 Å². The Balaban J connectivity index is 1.57. The molecule has 0 amide bonds. The van der Waals surface area contributed by atoms with Crippen molar-refractivity contribution in [3.05, 3.63) is 59.2 Å². The van der Waals surface area contributed by atoms with Gasteiger partial charge in [-0.15, -0.1) is 0 Å². The zero-order valence-corrected chi connectivity index (χ0v) is 14.2. The maximum atomic E-state index is 9.80. The van der Waals surface area contributed by atoms with Crippen LogP contribution in [0.5, 0.6) is 11.5 Å². The fourth-order valence-electron chi connectivity index (χ4n) is 4.35. The van der Waals surface area contributed by atoms with Crippen LogP contribution in [-0.2, 0) is 19.4 Å². The summed E-state index contributed by atoms with van der Waals surface area (Å²) < 4.78 is 5.26. The molecule has 2 aromatic rings. The smallest absolute Gasteiger partial charge is 0.160 e. The Morgan fingerprint density at radius 2 is 1.88 bits per heavy atom. The molecule has 126 valence electrons. The minimum Gasteiger partial charge on any atom is -0.504 e. The highest BCUT2D eigenvalue weighted by atomic mass is 16.5. The second-order valence-electron chi connectivity index (χ2n) is 7.21. The number of phenols is 1. The Bertz CT molecular complexity index is 728. The van der Waals surface area contributed by atoms with Gasteiger partial charge in [-0.25, -0.2) is 0 Å². The molecule has 0 spiro atoms. The average molecular weight is 323 g/mol. The molecule has 0 saturated carbocycles. The van der Waals surface area contributed by atoms with Crippen LogP contribution in [0.15, 0.2) is 42.5 Å². The number of phenolic OH excluding ortho intramolecular Hbond substituents is 1. The second kappa shape index (κ2) is 6.48. The van der Waals surface area contributed by atoms with Crippen molar-refractivity contribution < 1.29 is 9.84 Å². The quantitative estimate of drug-likeness (QED) is 0.933. The molecule has 2 atom stereocenters. The molecule has 3 nitrogen and oxygen atoms in total. The van der Waals surface area contributed by atoms with Crippen molar-refractivity contribution in [2.45, 2.75) is 38.3 Å². The Labute approximate surface area is 143 Å². The summed E-state index contributed by atoms with van der Waals surface area (Å²) in [6.45, 7) is 2.10. The summed E-state index contributed by atoms with van der Waals surface area (Å²) >= 11 is 0. The predicted molar refractivity (Wildman–Crippen MR) is 95.4 cm³/mol. The van der Waals surface area contributed by atoms with Crippen LogP contribution in [0.4, 0.5) is 0 Å². The molecule has 0 unspecified atom stereocenters. The van der Waals surface area contributed by atoms with Gasteiger partial charge in [0.2, 0.25) is 0 Å². The first kappa shape index (κ1) is 15.5. The molecule has 0 radical (unpaired) electrons. The van der Waals surface area contributed by atoms with Gasteiger partial charge in [0.25, 0.3) is 0 Å². The van der Waals surface area contributed by atoms with E-state index in [9.17, 15) is 5.11 Å².